The summed E-state index contributed by atoms with van der Waals surface area (Å²) in [6, 6.07) is -2.48. The van der Waals surface area contributed by atoms with E-state index >= 15 is 0 Å². The second-order valence-electron chi connectivity index (χ2n) is 7.42. The fourth-order valence-corrected chi connectivity index (χ4v) is 3.71. The van der Waals surface area contributed by atoms with Crippen LogP contribution in [0.5, 0.6) is 0 Å². The van der Waals surface area contributed by atoms with Crippen molar-refractivity contribution in [3.05, 3.63) is 0 Å². The summed E-state index contributed by atoms with van der Waals surface area (Å²) in [6.45, 7) is 6.99. The van der Waals surface area contributed by atoms with Crippen molar-refractivity contribution in [1.82, 2.24) is 10.2 Å². The lowest BCUT2D eigenvalue weighted by atomic mass is 9.98. The lowest BCUT2D eigenvalue weighted by Crippen LogP contribution is -2.57. The molecule has 0 bridgehead atoms. The second kappa shape index (κ2) is 5.63. The number of halogens is 3. The summed E-state index contributed by atoms with van der Waals surface area (Å²) in [5.74, 6) is -4.97. The Bertz CT molecular complexity index is 574. The number of hydrogen-bond donors (Lipinski definition) is 2. The van der Waals surface area contributed by atoms with Crippen LogP contribution in [0.3, 0.4) is 0 Å². The molecule has 1 saturated carbocycles. The highest BCUT2D eigenvalue weighted by molar-refractivity contribution is 5.93. The van der Waals surface area contributed by atoms with Crippen LogP contribution in [0.2, 0.25) is 0 Å². The maximum atomic E-state index is 12.6. The zero-order valence-corrected chi connectivity index (χ0v) is 13.8. The van der Waals surface area contributed by atoms with Crippen molar-refractivity contribution in [2.75, 3.05) is 6.54 Å². The van der Waals surface area contributed by atoms with Crippen LogP contribution in [0, 0.1) is 23.2 Å². The molecule has 2 aliphatic rings. The Balaban J connectivity index is 2.19. The Morgan fingerprint density at radius 2 is 1.79 bits per heavy atom. The summed E-state index contributed by atoms with van der Waals surface area (Å²) < 4.78 is 37.4. The van der Waals surface area contributed by atoms with Crippen molar-refractivity contribution in [2.45, 2.75) is 46.0 Å². The first-order chi connectivity index (χ1) is 10.8. The summed E-state index contributed by atoms with van der Waals surface area (Å²) in [7, 11) is 0. The molecular weight excluding hydrogens is 329 g/mol. The van der Waals surface area contributed by atoms with Crippen molar-refractivity contribution in [2.24, 2.45) is 23.2 Å². The summed E-state index contributed by atoms with van der Waals surface area (Å²) in [6.07, 6.45) is -5.10. The van der Waals surface area contributed by atoms with Gasteiger partial charge in [0.2, 0.25) is 5.91 Å². The number of rotatable bonds is 4. The molecule has 0 aromatic rings. The Morgan fingerprint density at radius 1 is 1.25 bits per heavy atom. The molecule has 6 nitrogen and oxygen atoms in total. The van der Waals surface area contributed by atoms with E-state index in [2.05, 4.69) is 0 Å². The predicted octanol–water partition coefficient (Wildman–Crippen LogP) is 1.26. The van der Waals surface area contributed by atoms with E-state index in [4.69, 9.17) is 0 Å². The fraction of sp³-hybridized carbons (Fsp3) is 0.800. The minimum absolute atomic E-state index is 0.00804. The highest BCUT2D eigenvalue weighted by Crippen LogP contribution is 2.64. The first-order valence-corrected chi connectivity index (χ1v) is 7.71. The number of carbonyl (C=O) groups excluding carboxylic acids is 2. The minimum atomic E-state index is -5.10. The van der Waals surface area contributed by atoms with Crippen LogP contribution in [0.25, 0.3) is 0 Å². The molecule has 1 aliphatic carbocycles. The first kappa shape index (κ1) is 18.5. The zero-order chi connectivity index (χ0) is 18.6. The average Bonchev–Trinajstić information content (AvgIpc) is 2.82. The Labute approximate surface area is 137 Å². The third-order valence-electron chi connectivity index (χ3n) is 5.22. The molecular formula is C15H21F3N2O4. The van der Waals surface area contributed by atoms with Crippen molar-refractivity contribution >= 4 is 17.8 Å². The second-order valence-corrected chi connectivity index (χ2v) is 7.42. The van der Waals surface area contributed by atoms with E-state index in [1.807, 2.05) is 13.8 Å². The Kier molecular flexibility index (Phi) is 4.35. The van der Waals surface area contributed by atoms with Gasteiger partial charge in [-0.15, -0.1) is 0 Å². The van der Waals surface area contributed by atoms with E-state index in [1.54, 1.807) is 5.32 Å². The van der Waals surface area contributed by atoms with Crippen LogP contribution in [0.4, 0.5) is 13.2 Å². The van der Waals surface area contributed by atoms with Gasteiger partial charge in [-0.1, -0.05) is 27.7 Å². The van der Waals surface area contributed by atoms with Gasteiger partial charge in [0.25, 0.3) is 0 Å². The van der Waals surface area contributed by atoms with E-state index < -0.39 is 42.0 Å². The van der Waals surface area contributed by atoms with Gasteiger partial charge in [-0.25, -0.2) is 4.79 Å². The fourth-order valence-electron chi connectivity index (χ4n) is 3.71. The van der Waals surface area contributed by atoms with Crippen molar-refractivity contribution in [3.8, 4) is 0 Å². The maximum absolute atomic E-state index is 12.6. The molecule has 4 atom stereocenters. The van der Waals surface area contributed by atoms with E-state index in [0.29, 0.717) is 0 Å². The molecule has 0 spiro atoms. The SMILES string of the molecule is CC(C)C(NC(=O)C(F)(F)F)C(=O)N1C[C@H]2[C@@H]([C@H]1C(=O)O)C2(C)C. The van der Waals surface area contributed by atoms with Crippen molar-refractivity contribution in [1.29, 1.82) is 0 Å². The average molecular weight is 350 g/mol. The predicted molar refractivity (Wildman–Crippen MR) is 76.7 cm³/mol. The maximum Gasteiger partial charge on any atom is 0.471 e. The molecule has 136 valence electrons. The summed E-state index contributed by atoms with van der Waals surface area (Å²) in [4.78, 5) is 36.4. The van der Waals surface area contributed by atoms with Gasteiger partial charge in [-0.3, -0.25) is 9.59 Å². The summed E-state index contributed by atoms with van der Waals surface area (Å²) in [5, 5.41) is 11.1. The van der Waals surface area contributed by atoms with Gasteiger partial charge in [-0.05, 0) is 17.3 Å². The largest absolute Gasteiger partial charge is 0.480 e. The third-order valence-corrected chi connectivity index (χ3v) is 5.22. The number of carboxylic acid groups (broad SMARTS) is 1. The molecule has 2 rings (SSSR count). The molecule has 1 aliphatic heterocycles. The minimum Gasteiger partial charge on any atom is -0.480 e. The molecule has 1 heterocycles. The van der Waals surface area contributed by atoms with E-state index in [-0.39, 0.29) is 23.8 Å². The van der Waals surface area contributed by atoms with Gasteiger partial charge in [0.05, 0.1) is 0 Å². The number of hydrogen-bond acceptors (Lipinski definition) is 3. The normalized spacial score (nSPS) is 29.2. The van der Waals surface area contributed by atoms with Crippen LogP contribution in [-0.2, 0) is 14.4 Å². The van der Waals surface area contributed by atoms with E-state index in [9.17, 15) is 32.7 Å². The van der Waals surface area contributed by atoms with Crippen LogP contribution in [0.1, 0.15) is 27.7 Å². The van der Waals surface area contributed by atoms with Gasteiger partial charge in [-0.2, -0.15) is 13.2 Å². The standard InChI is InChI=1S/C15H21F3N2O4/c1-6(2)9(19-13(24)15(16,17)18)11(21)20-5-7-8(14(7,3)4)10(20)12(22)23/h6-10H,5H2,1-4H3,(H,19,24)(H,22,23)/t7-,8-,9?,10-/m0/s1. The number of piperidine rings is 1. The van der Waals surface area contributed by atoms with Crippen LogP contribution in [0.15, 0.2) is 0 Å². The molecule has 0 radical (unpaired) electrons. The molecule has 2 N–H and O–H groups in total. The molecule has 1 saturated heterocycles. The monoisotopic (exact) mass is 350 g/mol. The number of fused-ring (bicyclic) bond motifs is 1. The molecule has 0 aromatic heterocycles. The lowest BCUT2D eigenvalue weighted by Gasteiger charge is -2.33. The van der Waals surface area contributed by atoms with Gasteiger partial charge in [0.15, 0.2) is 0 Å². The lowest BCUT2D eigenvalue weighted by molar-refractivity contribution is -0.175. The number of alkyl halides is 3. The van der Waals surface area contributed by atoms with Gasteiger partial charge in [0.1, 0.15) is 12.1 Å². The van der Waals surface area contributed by atoms with Gasteiger partial charge < -0.3 is 15.3 Å². The van der Waals surface area contributed by atoms with Gasteiger partial charge in [0, 0.05) is 12.5 Å². The highest BCUT2D eigenvalue weighted by Gasteiger charge is 2.69. The van der Waals surface area contributed by atoms with Crippen molar-refractivity contribution < 1.29 is 32.7 Å². The molecule has 1 unspecified atom stereocenters. The smallest absolute Gasteiger partial charge is 0.471 e. The van der Waals surface area contributed by atoms with Crippen LogP contribution < -0.4 is 5.32 Å². The molecule has 2 fully saturated rings. The first-order valence-electron chi connectivity index (χ1n) is 7.71. The Hall–Kier alpha value is -1.80. The molecule has 2 amide bonds. The molecule has 0 aromatic carbocycles. The Morgan fingerprint density at radius 3 is 2.21 bits per heavy atom. The van der Waals surface area contributed by atoms with Crippen LogP contribution >= 0.6 is 0 Å². The summed E-state index contributed by atoms with van der Waals surface area (Å²) >= 11 is 0. The highest BCUT2D eigenvalue weighted by atomic mass is 19.4. The molecule has 24 heavy (non-hydrogen) atoms. The summed E-state index contributed by atoms with van der Waals surface area (Å²) in [5.41, 5.74) is -0.206. The topological polar surface area (TPSA) is 86.7 Å². The number of nitrogens with zero attached hydrogens (tertiary/aromatic N) is 1. The number of carboxylic acids is 1. The van der Waals surface area contributed by atoms with Crippen molar-refractivity contribution in [3.63, 3.8) is 0 Å². The third kappa shape index (κ3) is 2.95. The van der Waals surface area contributed by atoms with E-state index in [1.165, 1.54) is 13.8 Å². The van der Waals surface area contributed by atoms with Gasteiger partial charge >= 0.3 is 18.1 Å². The number of likely N-dealkylation sites (tertiary alicyclic amines) is 1. The number of carbonyl (C=O) groups is 3. The quantitative estimate of drug-likeness (QED) is 0.799. The van der Waals surface area contributed by atoms with E-state index in [0.717, 1.165) is 4.90 Å². The van der Waals surface area contributed by atoms with Crippen LogP contribution in [-0.4, -0.2) is 52.6 Å². The number of amides is 2. The molecule has 9 heteroatoms. The number of aliphatic carboxylic acids is 1. The zero-order valence-electron chi connectivity index (χ0n) is 13.8. The number of nitrogens with one attached hydrogen (secondary N) is 1.